The summed E-state index contributed by atoms with van der Waals surface area (Å²) in [6.07, 6.45) is -0.0370. The average Bonchev–Trinajstić information content (AvgIpc) is 2.40. The summed E-state index contributed by atoms with van der Waals surface area (Å²) in [7, 11) is 0. The van der Waals surface area contributed by atoms with Crippen LogP contribution in [-0.2, 0) is 6.42 Å². The first-order chi connectivity index (χ1) is 9.33. The molecule has 2 heterocycles. The zero-order valence-corrected chi connectivity index (χ0v) is 11.7. The Kier molecular flexibility index (Phi) is 3.96. The van der Waals surface area contributed by atoms with E-state index in [0.29, 0.717) is 30.6 Å². The summed E-state index contributed by atoms with van der Waals surface area (Å²) in [5.41, 5.74) is -0.457. The third-order valence-electron chi connectivity index (χ3n) is 3.81. The first-order valence-corrected chi connectivity index (χ1v) is 6.76. The molecule has 2 rings (SSSR count). The Bertz CT molecular complexity index is 565. The lowest BCUT2D eigenvalue weighted by molar-refractivity contribution is -0.0999. The predicted octanol–water partition coefficient (Wildman–Crippen LogP) is -0.105. The topological polar surface area (TPSA) is 93.6 Å². The van der Waals surface area contributed by atoms with E-state index < -0.39 is 11.7 Å². The number of hydrogen-bond donors (Lipinski definition) is 3. The van der Waals surface area contributed by atoms with Crippen molar-refractivity contribution in [3.05, 3.63) is 33.7 Å². The van der Waals surface area contributed by atoms with Crippen molar-refractivity contribution in [3.8, 4) is 0 Å². The molecule has 0 aliphatic carbocycles. The molecule has 1 aromatic rings. The summed E-state index contributed by atoms with van der Waals surface area (Å²) in [5, 5.41) is 19.7. The van der Waals surface area contributed by atoms with Crippen LogP contribution >= 0.6 is 0 Å². The molecule has 1 amide bonds. The number of β-amino-alcohol motifs (C(OH)–C–C–N with tert-alkyl or cyclic N) is 1. The number of aromatic amines is 1. The summed E-state index contributed by atoms with van der Waals surface area (Å²) in [4.78, 5) is 28.0. The van der Waals surface area contributed by atoms with Gasteiger partial charge < -0.3 is 20.1 Å². The van der Waals surface area contributed by atoms with Gasteiger partial charge in [0.15, 0.2) is 0 Å². The second kappa shape index (κ2) is 5.38. The van der Waals surface area contributed by atoms with Crippen LogP contribution in [0.3, 0.4) is 0 Å². The average molecular weight is 280 g/mol. The Morgan fingerprint density at radius 1 is 1.55 bits per heavy atom. The van der Waals surface area contributed by atoms with E-state index in [1.165, 1.54) is 11.0 Å². The third kappa shape index (κ3) is 2.91. The molecular formula is C14H20N2O4. The number of hydrogen-bond acceptors (Lipinski definition) is 4. The number of piperidine rings is 1. The Labute approximate surface area is 117 Å². The lowest BCUT2D eigenvalue weighted by Crippen LogP contribution is -2.55. The summed E-state index contributed by atoms with van der Waals surface area (Å²) >= 11 is 0. The second-order valence-corrected chi connectivity index (χ2v) is 5.49. The molecule has 0 aromatic carbocycles. The van der Waals surface area contributed by atoms with E-state index in [1.807, 2.05) is 6.92 Å². The van der Waals surface area contributed by atoms with E-state index in [1.54, 1.807) is 13.0 Å². The number of carbonyl (C=O) groups is 1. The molecule has 1 fully saturated rings. The standard InChI is InChI=1S/C14H20N2O4/c1-3-10-6-9(7-12(18)15-10)13(19)16-5-4-14(2,20)11(17)8-16/h6-7,11,17,20H,3-5,8H2,1-2H3,(H,15,18). The minimum absolute atomic E-state index is 0.0695. The number of H-pyrrole nitrogens is 1. The van der Waals surface area contributed by atoms with Crippen molar-refractivity contribution in [3.63, 3.8) is 0 Å². The van der Waals surface area contributed by atoms with Crippen molar-refractivity contribution in [2.75, 3.05) is 13.1 Å². The first kappa shape index (κ1) is 14.7. The number of carbonyl (C=O) groups excluding carboxylic acids is 1. The third-order valence-corrected chi connectivity index (χ3v) is 3.81. The molecule has 20 heavy (non-hydrogen) atoms. The van der Waals surface area contributed by atoms with Gasteiger partial charge in [-0.05, 0) is 25.8 Å². The first-order valence-electron chi connectivity index (χ1n) is 6.76. The number of nitrogens with one attached hydrogen (secondary N) is 1. The highest BCUT2D eigenvalue weighted by atomic mass is 16.3. The summed E-state index contributed by atoms with van der Waals surface area (Å²) in [6, 6.07) is 2.92. The number of aryl methyl sites for hydroxylation is 1. The lowest BCUT2D eigenvalue weighted by atomic mass is 9.90. The fourth-order valence-electron chi connectivity index (χ4n) is 2.31. The van der Waals surface area contributed by atoms with Gasteiger partial charge in [0.25, 0.3) is 5.91 Å². The second-order valence-electron chi connectivity index (χ2n) is 5.49. The fraction of sp³-hybridized carbons (Fsp3) is 0.571. The molecule has 3 N–H and O–H groups in total. The smallest absolute Gasteiger partial charge is 0.254 e. The van der Waals surface area contributed by atoms with Crippen LogP contribution < -0.4 is 5.56 Å². The Balaban J connectivity index is 2.20. The van der Waals surface area contributed by atoms with Gasteiger partial charge >= 0.3 is 0 Å². The van der Waals surface area contributed by atoms with Crippen LogP contribution in [-0.4, -0.2) is 50.8 Å². The van der Waals surface area contributed by atoms with E-state index in [4.69, 9.17) is 0 Å². The minimum atomic E-state index is -1.17. The van der Waals surface area contributed by atoms with E-state index in [-0.39, 0.29) is 18.0 Å². The molecule has 1 saturated heterocycles. The fourth-order valence-corrected chi connectivity index (χ4v) is 2.31. The van der Waals surface area contributed by atoms with Gasteiger partial charge in [-0.3, -0.25) is 9.59 Å². The van der Waals surface area contributed by atoms with Gasteiger partial charge in [-0.25, -0.2) is 0 Å². The zero-order valence-electron chi connectivity index (χ0n) is 11.7. The number of amides is 1. The molecule has 6 nitrogen and oxygen atoms in total. The lowest BCUT2D eigenvalue weighted by Gasteiger charge is -2.39. The van der Waals surface area contributed by atoms with Gasteiger partial charge in [-0.1, -0.05) is 6.92 Å². The number of rotatable bonds is 2. The van der Waals surface area contributed by atoms with E-state index >= 15 is 0 Å². The van der Waals surface area contributed by atoms with Gasteiger partial charge in [0.05, 0.1) is 11.7 Å². The van der Waals surface area contributed by atoms with Gasteiger partial charge in [-0.15, -0.1) is 0 Å². The number of aliphatic hydroxyl groups is 2. The van der Waals surface area contributed by atoms with Crippen LogP contribution in [0.15, 0.2) is 16.9 Å². The molecule has 110 valence electrons. The molecule has 1 aliphatic rings. The molecule has 2 atom stereocenters. The Morgan fingerprint density at radius 3 is 2.85 bits per heavy atom. The molecule has 0 saturated carbocycles. The van der Waals surface area contributed by atoms with Crippen molar-refractivity contribution in [1.82, 2.24) is 9.88 Å². The van der Waals surface area contributed by atoms with Crippen LogP contribution in [0, 0.1) is 0 Å². The van der Waals surface area contributed by atoms with Crippen molar-refractivity contribution < 1.29 is 15.0 Å². The van der Waals surface area contributed by atoms with Gasteiger partial charge in [0, 0.05) is 30.4 Å². The van der Waals surface area contributed by atoms with Gasteiger partial charge in [0.2, 0.25) is 5.56 Å². The highest BCUT2D eigenvalue weighted by Crippen LogP contribution is 2.23. The number of likely N-dealkylation sites (tertiary alicyclic amines) is 1. The van der Waals surface area contributed by atoms with Crippen molar-refractivity contribution >= 4 is 5.91 Å². The summed E-state index contributed by atoms with van der Waals surface area (Å²) in [6.45, 7) is 3.88. The molecular weight excluding hydrogens is 260 g/mol. The SMILES string of the molecule is CCc1cc(C(=O)N2CCC(C)(O)C(O)C2)cc(=O)[nH]1. The van der Waals surface area contributed by atoms with Crippen LogP contribution in [0.4, 0.5) is 0 Å². The van der Waals surface area contributed by atoms with Gasteiger partial charge in [0.1, 0.15) is 0 Å². The monoisotopic (exact) mass is 280 g/mol. The van der Waals surface area contributed by atoms with Crippen LogP contribution in [0.25, 0.3) is 0 Å². The molecule has 2 unspecified atom stereocenters. The van der Waals surface area contributed by atoms with Crippen molar-refractivity contribution in [1.29, 1.82) is 0 Å². The van der Waals surface area contributed by atoms with Crippen LogP contribution in [0.1, 0.15) is 36.3 Å². The Hall–Kier alpha value is -1.66. The molecule has 0 bridgehead atoms. The molecule has 6 heteroatoms. The highest BCUT2D eigenvalue weighted by Gasteiger charge is 2.38. The van der Waals surface area contributed by atoms with Gasteiger partial charge in [-0.2, -0.15) is 0 Å². The normalized spacial score (nSPS) is 26.6. The van der Waals surface area contributed by atoms with E-state index in [0.717, 1.165) is 0 Å². The molecule has 1 aliphatic heterocycles. The minimum Gasteiger partial charge on any atom is -0.388 e. The maximum Gasteiger partial charge on any atom is 0.254 e. The maximum atomic E-state index is 12.4. The summed E-state index contributed by atoms with van der Waals surface area (Å²) in [5.74, 6) is -0.291. The summed E-state index contributed by atoms with van der Waals surface area (Å²) < 4.78 is 0. The number of aromatic nitrogens is 1. The van der Waals surface area contributed by atoms with E-state index in [9.17, 15) is 19.8 Å². The molecule has 0 spiro atoms. The molecule has 1 aromatic heterocycles. The zero-order chi connectivity index (χ0) is 14.9. The maximum absolute atomic E-state index is 12.4. The van der Waals surface area contributed by atoms with Crippen molar-refractivity contribution in [2.45, 2.75) is 38.4 Å². The largest absolute Gasteiger partial charge is 0.388 e. The van der Waals surface area contributed by atoms with Crippen LogP contribution in [0.2, 0.25) is 0 Å². The number of nitrogens with zero attached hydrogens (tertiary/aromatic N) is 1. The quantitative estimate of drug-likeness (QED) is 0.705. The molecule has 0 radical (unpaired) electrons. The van der Waals surface area contributed by atoms with Crippen molar-refractivity contribution in [2.24, 2.45) is 0 Å². The highest BCUT2D eigenvalue weighted by molar-refractivity contribution is 5.94. The van der Waals surface area contributed by atoms with E-state index in [2.05, 4.69) is 4.98 Å². The van der Waals surface area contributed by atoms with Crippen LogP contribution in [0.5, 0.6) is 0 Å². The number of pyridine rings is 1. The predicted molar refractivity (Wildman–Crippen MR) is 73.6 cm³/mol. The number of aliphatic hydroxyl groups excluding tert-OH is 1. The Morgan fingerprint density at radius 2 is 2.25 bits per heavy atom.